The van der Waals surface area contributed by atoms with E-state index in [-0.39, 0.29) is 12.5 Å². The Balaban J connectivity index is 1.86. The van der Waals surface area contributed by atoms with Crippen molar-refractivity contribution in [1.82, 2.24) is 4.90 Å². The molecule has 0 saturated carbocycles. The van der Waals surface area contributed by atoms with Crippen LogP contribution in [0.1, 0.15) is 5.56 Å². The first-order valence-corrected chi connectivity index (χ1v) is 6.70. The Labute approximate surface area is 115 Å². The Bertz CT molecular complexity index is 430. The molecule has 98 valence electrons. The van der Waals surface area contributed by atoms with Crippen molar-refractivity contribution in [1.29, 1.82) is 0 Å². The van der Waals surface area contributed by atoms with E-state index in [1.54, 1.807) is 4.90 Å². The maximum absolute atomic E-state index is 11.9. The van der Waals surface area contributed by atoms with Gasteiger partial charge in [0.2, 0.25) is 0 Å². The Kier molecular flexibility index (Phi) is 4.60. The molecule has 0 bridgehead atoms. The summed E-state index contributed by atoms with van der Waals surface area (Å²) in [5, 5.41) is 0. The summed E-state index contributed by atoms with van der Waals surface area (Å²) < 4.78 is 11.7. The van der Waals surface area contributed by atoms with Crippen LogP contribution in [0.4, 0.5) is 0 Å². The number of morpholine rings is 1. The van der Waals surface area contributed by atoms with Gasteiger partial charge in [-0.05, 0) is 30.7 Å². The summed E-state index contributed by atoms with van der Waals surface area (Å²) in [7, 11) is 0. The molecule has 0 radical (unpaired) electrons. The summed E-state index contributed by atoms with van der Waals surface area (Å²) in [5.74, 6) is 0.733. The van der Waals surface area contributed by atoms with Crippen molar-refractivity contribution >= 4 is 21.8 Å². The summed E-state index contributed by atoms with van der Waals surface area (Å²) >= 11 is 3.43. The van der Waals surface area contributed by atoms with E-state index < -0.39 is 0 Å². The van der Waals surface area contributed by atoms with Gasteiger partial charge in [0.25, 0.3) is 5.91 Å². The standard InChI is InChI=1S/C13H16BrNO3/c1-10-8-11(2-3-12(10)14)18-9-13(16)15-4-6-17-7-5-15/h2-3,8H,4-7,9H2,1H3. The zero-order chi connectivity index (χ0) is 13.0. The van der Waals surface area contributed by atoms with Crippen LogP contribution in [-0.4, -0.2) is 43.7 Å². The highest BCUT2D eigenvalue weighted by Crippen LogP contribution is 2.21. The lowest BCUT2D eigenvalue weighted by Gasteiger charge is -2.26. The van der Waals surface area contributed by atoms with Crippen LogP contribution in [0.2, 0.25) is 0 Å². The summed E-state index contributed by atoms with van der Waals surface area (Å²) in [6.45, 7) is 4.61. The van der Waals surface area contributed by atoms with Crippen molar-refractivity contribution in [3.8, 4) is 5.75 Å². The third kappa shape index (κ3) is 3.46. The van der Waals surface area contributed by atoms with Crippen LogP contribution >= 0.6 is 15.9 Å². The summed E-state index contributed by atoms with van der Waals surface area (Å²) in [6, 6.07) is 5.68. The molecule has 1 aromatic carbocycles. The summed E-state index contributed by atoms with van der Waals surface area (Å²) in [6.07, 6.45) is 0. The molecule has 18 heavy (non-hydrogen) atoms. The van der Waals surface area contributed by atoms with E-state index in [2.05, 4.69) is 15.9 Å². The van der Waals surface area contributed by atoms with Gasteiger partial charge >= 0.3 is 0 Å². The molecular formula is C13H16BrNO3. The minimum Gasteiger partial charge on any atom is -0.484 e. The number of hydrogen-bond donors (Lipinski definition) is 0. The molecule has 0 spiro atoms. The normalized spacial score (nSPS) is 15.6. The molecule has 1 fully saturated rings. The second kappa shape index (κ2) is 6.20. The van der Waals surface area contributed by atoms with Gasteiger partial charge in [0.05, 0.1) is 13.2 Å². The van der Waals surface area contributed by atoms with Crippen molar-refractivity contribution in [3.63, 3.8) is 0 Å². The molecule has 0 aliphatic carbocycles. The maximum atomic E-state index is 11.9. The van der Waals surface area contributed by atoms with Crippen molar-refractivity contribution in [2.24, 2.45) is 0 Å². The van der Waals surface area contributed by atoms with Gasteiger partial charge in [-0.1, -0.05) is 15.9 Å². The number of hydrogen-bond acceptors (Lipinski definition) is 3. The summed E-state index contributed by atoms with van der Waals surface area (Å²) in [4.78, 5) is 13.6. The number of aryl methyl sites for hydroxylation is 1. The maximum Gasteiger partial charge on any atom is 0.260 e. The van der Waals surface area contributed by atoms with Gasteiger partial charge in [0.1, 0.15) is 5.75 Å². The Morgan fingerprint density at radius 3 is 2.83 bits per heavy atom. The topological polar surface area (TPSA) is 38.8 Å². The number of rotatable bonds is 3. The number of nitrogens with zero attached hydrogens (tertiary/aromatic N) is 1. The molecular weight excluding hydrogens is 298 g/mol. The van der Waals surface area contributed by atoms with Gasteiger partial charge in [-0.25, -0.2) is 0 Å². The van der Waals surface area contributed by atoms with Gasteiger partial charge in [-0.3, -0.25) is 4.79 Å². The molecule has 2 rings (SSSR count). The van der Waals surface area contributed by atoms with Gasteiger partial charge in [0.15, 0.2) is 6.61 Å². The molecule has 0 aromatic heterocycles. The van der Waals surface area contributed by atoms with E-state index in [1.165, 1.54) is 0 Å². The SMILES string of the molecule is Cc1cc(OCC(=O)N2CCOCC2)ccc1Br. The van der Waals surface area contributed by atoms with Crippen molar-refractivity contribution in [2.45, 2.75) is 6.92 Å². The van der Waals surface area contributed by atoms with Crippen LogP contribution in [0, 0.1) is 6.92 Å². The smallest absolute Gasteiger partial charge is 0.260 e. The van der Waals surface area contributed by atoms with E-state index in [9.17, 15) is 4.79 Å². The molecule has 1 saturated heterocycles. The Morgan fingerprint density at radius 1 is 1.44 bits per heavy atom. The number of benzene rings is 1. The van der Waals surface area contributed by atoms with Crippen LogP contribution in [0.3, 0.4) is 0 Å². The average molecular weight is 314 g/mol. The second-order valence-electron chi connectivity index (χ2n) is 4.19. The number of amides is 1. The van der Waals surface area contributed by atoms with E-state index >= 15 is 0 Å². The molecule has 1 aliphatic heterocycles. The highest BCUT2D eigenvalue weighted by molar-refractivity contribution is 9.10. The van der Waals surface area contributed by atoms with Gasteiger partial charge in [-0.15, -0.1) is 0 Å². The minimum absolute atomic E-state index is 0.0128. The molecule has 5 heteroatoms. The number of halogens is 1. The van der Waals surface area contributed by atoms with E-state index in [0.29, 0.717) is 26.3 Å². The first kappa shape index (κ1) is 13.4. The third-order valence-electron chi connectivity index (χ3n) is 2.86. The van der Waals surface area contributed by atoms with Crippen LogP contribution in [0.5, 0.6) is 5.75 Å². The molecule has 1 aromatic rings. The van der Waals surface area contributed by atoms with E-state index in [1.807, 2.05) is 25.1 Å². The molecule has 0 atom stereocenters. The molecule has 4 nitrogen and oxygen atoms in total. The fraction of sp³-hybridized carbons (Fsp3) is 0.462. The zero-order valence-corrected chi connectivity index (χ0v) is 11.9. The van der Waals surface area contributed by atoms with Crippen LogP contribution in [-0.2, 0) is 9.53 Å². The van der Waals surface area contributed by atoms with Crippen LogP contribution in [0.15, 0.2) is 22.7 Å². The van der Waals surface area contributed by atoms with E-state index in [0.717, 1.165) is 15.8 Å². The van der Waals surface area contributed by atoms with E-state index in [4.69, 9.17) is 9.47 Å². The van der Waals surface area contributed by atoms with Gasteiger partial charge in [0, 0.05) is 17.6 Å². The fourth-order valence-corrected chi connectivity index (χ4v) is 2.00. The Morgan fingerprint density at radius 2 is 2.17 bits per heavy atom. The van der Waals surface area contributed by atoms with Crippen molar-refractivity contribution in [3.05, 3.63) is 28.2 Å². The number of carbonyl (C=O) groups excluding carboxylic acids is 1. The van der Waals surface area contributed by atoms with Gasteiger partial charge in [-0.2, -0.15) is 0 Å². The minimum atomic E-state index is 0.0128. The van der Waals surface area contributed by atoms with Gasteiger partial charge < -0.3 is 14.4 Å². The second-order valence-corrected chi connectivity index (χ2v) is 5.05. The first-order valence-electron chi connectivity index (χ1n) is 5.91. The predicted molar refractivity (Wildman–Crippen MR) is 71.8 cm³/mol. The molecule has 0 N–H and O–H groups in total. The molecule has 1 heterocycles. The van der Waals surface area contributed by atoms with Crippen molar-refractivity contribution < 1.29 is 14.3 Å². The lowest BCUT2D eigenvalue weighted by molar-refractivity contribution is -0.137. The lowest BCUT2D eigenvalue weighted by atomic mass is 10.2. The number of ether oxygens (including phenoxy) is 2. The van der Waals surface area contributed by atoms with Crippen molar-refractivity contribution in [2.75, 3.05) is 32.9 Å². The van der Waals surface area contributed by atoms with Crippen LogP contribution < -0.4 is 4.74 Å². The van der Waals surface area contributed by atoms with Crippen LogP contribution in [0.25, 0.3) is 0 Å². The summed E-state index contributed by atoms with van der Waals surface area (Å²) in [5.41, 5.74) is 1.09. The Hall–Kier alpha value is -1.07. The monoisotopic (exact) mass is 313 g/mol. The predicted octanol–water partition coefficient (Wildman–Crippen LogP) is 2.00. The average Bonchev–Trinajstić information content (AvgIpc) is 2.41. The highest BCUT2D eigenvalue weighted by atomic mass is 79.9. The lowest BCUT2D eigenvalue weighted by Crippen LogP contribution is -2.42. The number of carbonyl (C=O) groups is 1. The fourth-order valence-electron chi connectivity index (χ4n) is 1.76. The quantitative estimate of drug-likeness (QED) is 0.856. The molecule has 1 aliphatic rings. The zero-order valence-electron chi connectivity index (χ0n) is 10.3. The highest BCUT2D eigenvalue weighted by Gasteiger charge is 2.17. The first-order chi connectivity index (χ1) is 8.66. The molecule has 1 amide bonds. The largest absolute Gasteiger partial charge is 0.484 e. The molecule has 0 unspecified atom stereocenters. The third-order valence-corrected chi connectivity index (χ3v) is 3.75.